The van der Waals surface area contributed by atoms with Crippen LogP contribution in [0.5, 0.6) is 5.75 Å². The average Bonchev–Trinajstić information content (AvgIpc) is 2.78. The normalized spacial score (nSPS) is 12.2. The number of carboxylic acids is 1. The summed E-state index contributed by atoms with van der Waals surface area (Å²) in [4.78, 5) is 39.9. The smallest absolute Gasteiger partial charge is 0.344 e. The summed E-state index contributed by atoms with van der Waals surface area (Å²) in [6.07, 6.45) is 1.89. The van der Waals surface area contributed by atoms with Crippen molar-refractivity contribution < 1.29 is 19.6 Å². The van der Waals surface area contributed by atoms with E-state index in [4.69, 9.17) is 16.3 Å². The van der Waals surface area contributed by atoms with Crippen molar-refractivity contribution in [2.24, 2.45) is 5.10 Å². The third-order valence-corrected chi connectivity index (χ3v) is 5.55. The molecule has 3 aromatic rings. The number of aromatic nitrogens is 2. The molecule has 178 valence electrons. The third-order valence-electron chi connectivity index (χ3n) is 4.84. The van der Waals surface area contributed by atoms with Crippen LogP contribution in [0.15, 0.2) is 44.7 Å². The number of aliphatic carboxylic acids is 1. The number of fused-ring (bicyclic) bond motifs is 1. The molecule has 34 heavy (non-hydrogen) atoms. The number of nitrogens with zero attached hydrogens (tertiary/aromatic N) is 4. The molecule has 0 bridgehead atoms. The largest absolute Gasteiger partial charge is 0.479 e. The molecule has 0 aliphatic carbocycles. The molecule has 0 unspecified atom stereocenters. The first-order chi connectivity index (χ1) is 16.1. The zero-order valence-corrected chi connectivity index (χ0v) is 20.5. The summed E-state index contributed by atoms with van der Waals surface area (Å²) in [5.41, 5.74) is -0.397. The van der Waals surface area contributed by atoms with E-state index in [1.54, 1.807) is 18.2 Å². The van der Waals surface area contributed by atoms with Crippen LogP contribution in [0.1, 0.15) is 38.1 Å². The van der Waals surface area contributed by atoms with Gasteiger partial charge in [0.25, 0.3) is 5.56 Å². The van der Waals surface area contributed by atoms with Crippen LogP contribution in [0.2, 0.25) is 5.02 Å². The zero-order valence-electron chi connectivity index (χ0n) is 18.2. The molecule has 0 radical (unpaired) electrons. The van der Waals surface area contributed by atoms with E-state index in [1.165, 1.54) is 19.2 Å². The molecule has 2 aromatic carbocycles. The molecule has 3 rings (SSSR count). The summed E-state index contributed by atoms with van der Waals surface area (Å²) in [6.45, 7) is 3.24. The second-order valence-electron chi connectivity index (χ2n) is 7.35. The number of hydrogen-bond donors (Lipinski definition) is 1. The monoisotopic (exact) mass is 550 g/mol. The van der Waals surface area contributed by atoms with Gasteiger partial charge in [0.15, 0.2) is 6.10 Å². The highest BCUT2D eigenvalue weighted by Gasteiger charge is 2.25. The van der Waals surface area contributed by atoms with Crippen LogP contribution in [-0.2, 0) is 11.2 Å². The van der Waals surface area contributed by atoms with Gasteiger partial charge in [-0.15, -0.1) is 0 Å². The van der Waals surface area contributed by atoms with Crippen LogP contribution in [0.3, 0.4) is 0 Å². The lowest BCUT2D eigenvalue weighted by Crippen LogP contribution is -2.24. The maximum Gasteiger partial charge on any atom is 0.344 e. The van der Waals surface area contributed by atoms with E-state index in [1.807, 2.05) is 6.92 Å². The molecule has 12 heteroatoms. The van der Waals surface area contributed by atoms with Gasteiger partial charge >= 0.3 is 11.7 Å². The average molecular weight is 552 g/mol. The van der Waals surface area contributed by atoms with Crippen molar-refractivity contribution in [1.29, 1.82) is 0 Å². The molecule has 1 heterocycles. The lowest BCUT2D eigenvalue weighted by atomic mass is 10.2. The van der Waals surface area contributed by atoms with Crippen molar-refractivity contribution in [2.75, 3.05) is 0 Å². The van der Waals surface area contributed by atoms with Crippen LogP contribution in [0, 0.1) is 10.1 Å². The molecule has 0 fully saturated rings. The zero-order chi connectivity index (χ0) is 25.0. The second-order valence-corrected chi connectivity index (χ2v) is 8.71. The highest BCUT2D eigenvalue weighted by molar-refractivity contribution is 9.10. The maximum atomic E-state index is 13.2. The summed E-state index contributed by atoms with van der Waals surface area (Å²) in [6, 6.07) is 7.53. The van der Waals surface area contributed by atoms with Gasteiger partial charge in [0, 0.05) is 27.5 Å². The SMILES string of the molecule is CCCCc1nc2ccc(Br)cc2c(=O)n1N=Cc1cc(Cl)cc([N+](=O)[O-])c1O[C@@H](C)C(=O)O. The van der Waals surface area contributed by atoms with Crippen molar-refractivity contribution >= 4 is 56.3 Å². The Labute approximate surface area is 207 Å². The molecule has 10 nitrogen and oxygen atoms in total. The fourth-order valence-electron chi connectivity index (χ4n) is 3.12. The lowest BCUT2D eigenvalue weighted by molar-refractivity contribution is -0.386. The number of hydrogen-bond acceptors (Lipinski definition) is 7. The highest BCUT2D eigenvalue weighted by atomic mass is 79.9. The molecule has 1 N–H and O–H groups in total. The molecule has 0 saturated heterocycles. The van der Waals surface area contributed by atoms with Gasteiger partial charge < -0.3 is 9.84 Å². The van der Waals surface area contributed by atoms with E-state index >= 15 is 0 Å². The van der Waals surface area contributed by atoms with Gasteiger partial charge in [-0.25, -0.2) is 9.78 Å². The number of nitro groups is 1. The molecule has 0 spiro atoms. The van der Waals surface area contributed by atoms with E-state index < -0.39 is 28.2 Å². The van der Waals surface area contributed by atoms with Crippen LogP contribution in [0.25, 0.3) is 10.9 Å². The minimum atomic E-state index is -1.38. The van der Waals surface area contributed by atoms with E-state index in [-0.39, 0.29) is 16.3 Å². The Kier molecular flexibility index (Phi) is 8.00. The molecule has 0 saturated carbocycles. The quantitative estimate of drug-likeness (QED) is 0.229. The Morgan fingerprint density at radius 3 is 2.79 bits per heavy atom. The lowest BCUT2D eigenvalue weighted by Gasteiger charge is -2.13. The van der Waals surface area contributed by atoms with Crippen LogP contribution >= 0.6 is 27.5 Å². The number of halogens is 2. The summed E-state index contributed by atoms with van der Waals surface area (Å²) in [5, 5.41) is 25.4. The number of benzene rings is 2. The standard InChI is InChI=1S/C22H20BrClN4O6/c1-3-4-5-19-26-17-7-6-14(23)9-16(17)21(29)27(19)25-11-13-8-15(24)10-18(28(32)33)20(13)34-12(2)22(30)31/h6-12H,3-5H2,1-2H3,(H,30,31)/t12-/m0/s1. The first-order valence-electron chi connectivity index (χ1n) is 10.2. The van der Waals surface area contributed by atoms with Crippen molar-refractivity contribution in [2.45, 2.75) is 39.2 Å². The molecular weight excluding hydrogens is 532 g/mol. The summed E-state index contributed by atoms with van der Waals surface area (Å²) < 4.78 is 7.17. The summed E-state index contributed by atoms with van der Waals surface area (Å²) >= 11 is 9.39. The number of carboxylic acid groups (broad SMARTS) is 1. The van der Waals surface area contributed by atoms with Gasteiger partial charge in [0.2, 0.25) is 5.75 Å². The topological polar surface area (TPSA) is 137 Å². The van der Waals surface area contributed by atoms with Gasteiger partial charge in [-0.05, 0) is 37.6 Å². The summed E-state index contributed by atoms with van der Waals surface area (Å²) in [7, 11) is 0. The van der Waals surface area contributed by atoms with Crippen LogP contribution < -0.4 is 10.3 Å². The van der Waals surface area contributed by atoms with Crippen molar-refractivity contribution in [3.05, 3.63) is 71.7 Å². The molecule has 1 aromatic heterocycles. The Morgan fingerprint density at radius 1 is 1.41 bits per heavy atom. The van der Waals surface area contributed by atoms with Gasteiger partial charge in [-0.1, -0.05) is 40.9 Å². The van der Waals surface area contributed by atoms with Gasteiger partial charge in [-0.2, -0.15) is 9.78 Å². The third kappa shape index (κ3) is 5.60. The number of carbonyl (C=O) groups is 1. The fourth-order valence-corrected chi connectivity index (χ4v) is 3.70. The molecule has 1 atom stereocenters. The Hall–Kier alpha value is -3.31. The summed E-state index contributed by atoms with van der Waals surface area (Å²) in [5.74, 6) is -1.22. The van der Waals surface area contributed by atoms with Crippen molar-refractivity contribution in [3.8, 4) is 5.75 Å². The van der Waals surface area contributed by atoms with Crippen LogP contribution in [-0.4, -0.2) is 38.0 Å². The predicted octanol–water partition coefficient (Wildman–Crippen LogP) is 4.80. The molecule has 0 aliphatic heterocycles. The molecule has 0 amide bonds. The molecule has 0 aliphatic rings. The van der Waals surface area contributed by atoms with Gasteiger partial charge in [0.05, 0.1) is 22.0 Å². The second kappa shape index (κ2) is 10.7. The first kappa shape index (κ1) is 25.3. The number of ether oxygens (including phenoxy) is 1. The Bertz CT molecular complexity index is 1360. The van der Waals surface area contributed by atoms with E-state index in [2.05, 4.69) is 26.0 Å². The van der Waals surface area contributed by atoms with Crippen molar-refractivity contribution in [3.63, 3.8) is 0 Å². The maximum absolute atomic E-state index is 13.2. The molecular formula is C22H20BrClN4O6. The van der Waals surface area contributed by atoms with E-state index in [0.29, 0.717) is 27.6 Å². The van der Waals surface area contributed by atoms with E-state index in [9.17, 15) is 24.8 Å². The van der Waals surface area contributed by atoms with Crippen LogP contribution in [0.4, 0.5) is 5.69 Å². The predicted molar refractivity (Wildman–Crippen MR) is 131 cm³/mol. The highest BCUT2D eigenvalue weighted by Crippen LogP contribution is 2.34. The Balaban J connectivity index is 2.20. The number of rotatable bonds is 9. The number of unbranched alkanes of at least 4 members (excludes halogenated alkanes) is 1. The van der Waals surface area contributed by atoms with Crippen molar-refractivity contribution in [1.82, 2.24) is 9.66 Å². The minimum absolute atomic E-state index is 0.0163. The van der Waals surface area contributed by atoms with Gasteiger partial charge in [0.1, 0.15) is 5.82 Å². The number of aryl methyl sites for hydroxylation is 1. The minimum Gasteiger partial charge on any atom is -0.479 e. The Morgan fingerprint density at radius 2 is 2.15 bits per heavy atom. The van der Waals surface area contributed by atoms with E-state index in [0.717, 1.165) is 23.6 Å². The van der Waals surface area contributed by atoms with Gasteiger partial charge in [-0.3, -0.25) is 14.9 Å². The fraction of sp³-hybridized carbons (Fsp3) is 0.273. The first-order valence-corrected chi connectivity index (χ1v) is 11.4. The number of nitro benzene ring substituents is 1.